The number of halogens is 1. The van der Waals surface area contributed by atoms with E-state index >= 15 is 0 Å². The SMILES string of the molecule is CCN(CC1CCC1)c1cc(Cl)nc(C(C)(C)C)n1. The normalized spacial score (nSPS) is 16.3. The van der Waals surface area contributed by atoms with E-state index in [0.717, 1.165) is 30.6 Å². The molecule has 0 spiro atoms. The second-order valence-corrected chi connectivity index (χ2v) is 6.85. The average molecular weight is 282 g/mol. The fourth-order valence-corrected chi connectivity index (χ4v) is 2.45. The molecule has 1 aromatic heterocycles. The summed E-state index contributed by atoms with van der Waals surface area (Å²) in [7, 11) is 0. The summed E-state index contributed by atoms with van der Waals surface area (Å²) >= 11 is 6.16. The van der Waals surface area contributed by atoms with E-state index in [0.29, 0.717) is 5.15 Å². The van der Waals surface area contributed by atoms with E-state index in [1.807, 2.05) is 6.07 Å². The van der Waals surface area contributed by atoms with Crippen molar-refractivity contribution in [1.29, 1.82) is 0 Å². The molecule has 0 unspecified atom stereocenters. The molecule has 0 atom stereocenters. The van der Waals surface area contributed by atoms with Crippen LogP contribution in [0.15, 0.2) is 6.07 Å². The second-order valence-electron chi connectivity index (χ2n) is 6.46. The predicted molar refractivity (Wildman–Crippen MR) is 81.0 cm³/mol. The molecule has 4 heteroatoms. The lowest BCUT2D eigenvalue weighted by atomic mass is 9.85. The van der Waals surface area contributed by atoms with Crippen LogP contribution in [0, 0.1) is 5.92 Å². The summed E-state index contributed by atoms with van der Waals surface area (Å²) in [4.78, 5) is 11.4. The zero-order valence-corrected chi connectivity index (χ0v) is 13.2. The van der Waals surface area contributed by atoms with E-state index in [9.17, 15) is 0 Å². The third-order valence-corrected chi connectivity index (χ3v) is 3.95. The molecule has 1 heterocycles. The van der Waals surface area contributed by atoms with Crippen molar-refractivity contribution in [1.82, 2.24) is 9.97 Å². The highest BCUT2D eigenvalue weighted by molar-refractivity contribution is 6.29. The van der Waals surface area contributed by atoms with Crippen LogP contribution in [0.3, 0.4) is 0 Å². The quantitative estimate of drug-likeness (QED) is 0.780. The van der Waals surface area contributed by atoms with Crippen molar-refractivity contribution < 1.29 is 0 Å². The Bertz CT molecular complexity index is 436. The Balaban J connectivity index is 2.23. The molecule has 0 bridgehead atoms. The lowest BCUT2D eigenvalue weighted by Crippen LogP contribution is -2.33. The largest absolute Gasteiger partial charge is 0.356 e. The second kappa shape index (κ2) is 5.66. The van der Waals surface area contributed by atoms with E-state index in [4.69, 9.17) is 16.6 Å². The monoisotopic (exact) mass is 281 g/mol. The molecular weight excluding hydrogens is 258 g/mol. The van der Waals surface area contributed by atoms with Crippen LogP contribution in [-0.2, 0) is 5.41 Å². The molecule has 0 aliphatic heterocycles. The number of anilines is 1. The van der Waals surface area contributed by atoms with Crippen molar-refractivity contribution >= 4 is 17.4 Å². The summed E-state index contributed by atoms with van der Waals surface area (Å²) in [6.07, 6.45) is 4.07. The Morgan fingerprint density at radius 2 is 2.00 bits per heavy atom. The summed E-state index contributed by atoms with van der Waals surface area (Å²) in [5.74, 6) is 2.62. The summed E-state index contributed by atoms with van der Waals surface area (Å²) in [6.45, 7) is 10.6. The fourth-order valence-electron chi connectivity index (χ4n) is 2.27. The minimum absolute atomic E-state index is 0.0739. The van der Waals surface area contributed by atoms with Crippen molar-refractivity contribution in [2.24, 2.45) is 5.92 Å². The van der Waals surface area contributed by atoms with Crippen molar-refractivity contribution in [3.05, 3.63) is 17.0 Å². The first-order valence-corrected chi connectivity index (χ1v) is 7.58. The Kier molecular flexibility index (Phi) is 4.34. The zero-order valence-electron chi connectivity index (χ0n) is 12.4. The van der Waals surface area contributed by atoms with Crippen LogP contribution >= 0.6 is 11.6 Å². The van der Waals surface area contributed by atoms with Gasteiger partial charge in [-0.05, 0) is 25.7 Å². The molecule has 0 N–H and O–H groups in total. The van der Waals surface area contributed by atoms with E-state index in [1.165, 1.54) is 19.3 Å². The standard InChI is InChI=1S/C15H24ClN3/c1-5-19(10-11-7-6-8-11)13-9-12(16)17-14(18-13)15(2,3)4/h9,11H,5-8,10H2,1-4H3. The molecule has 2 rings (SSSR count). The van der Waals surface area contributed by atoms with Crippen LogP contribution in [0.1, 0.15) is 52.8 Å². The molecule has 1 aliphatic carbocycles. The Labute approximate surface area is 121 Å². The molecule has 1 aliphatic rings. The Morgan fingerprint density at radius 3 is 2.47 bits per heavy atom. The number of aromatic nitrogens is 2. The average Bonchev–Trinajstić information content (AvgIpc) is 2.25. The number of nitrogens with zero attached hydrogens (tertiary/aromatic N) is 3. The van der Waals surface area contributed by atoms with E-state index < -0.39 is 0 Å². The van der Waals surface area contributed by atoms with Gasteiger partial charge in [0.15, 0.2) is 0 Å². The van der Waals surface area contributed by atoms with Gasteiger partial charge in [-0.2, -0.15) is 0 Å². The van der Waals surface area contributed by atoms with Gasteiger partial charge in [0.2, 0.25) is 0 Å². The number of hydrogen-bond acceptors (Lipinski definition) is 3. The molecule has 0 radical (unpaired) electrons. The Morgan fingerprint density at radius 1 is 1.32 bits per heavy atom. The highest BCUT2D eigenvalue weighted by atomic mass is 35.5. The lowest BCUT2D eigenvalue weighted by Gasteiger charge is -2.33. The van der Waals surface area contributed by atoms with E-state index in [-0.39, 0.29) is 5.41 Å². The summed E-state index contributed by atoms with van der Waals surface area (Å²) in [5.41, 5.74) is -0.0739. The third-order valence-electron chi connectivity index (χ3n) is 3.76. The molecule has 0 aromatic carbocycles. The van der Waals surface area contributed by atoms with Gasteiger partial charge in [0.05, 0.1) is 0 Å². The van der Waals surface area contributed by atoms with Gasteiger partial charge in [0.25, 0.3) is 0 Å². The molecule has 1 saturated carbocycles. The van der Waals surface area contributed by atoms with Crippen LogP contribution in [0.5, 0.6) is 0 Å². The molecule has 0 amide bonds. The molecule has 1 aromatic rings. The number of hydrogen-bond donors (Lipinski definition) is 0. The minimum Gasteiger partial charge on any atom is -0.356 e. The van der Waals surface area contributed by atoms with Crippen LogP contribution in [0.4, 0.5) is 5.82 Å². The predicted octanol–water partition coefficient (Wildman–Crippen LogP) is 4.05. The first-order valence-electron chi connectivity index (χ1n) is 7.20. The van der Waals surface area contributed by atoms with Gasteiger partial charge >= 0.3 is 0 Å². The highest BCUT2D eigenvalue weighted by Gasteiger charge is 2.23. The van der Waals surface area contributed by atoms with Gasteiger partial charge < -0.3 is 4.90 Å². The van der Waals surface area contributed by atoms with E-state index in [2.05, 4.69) is 37.6 Å². The van der Waals surface area contributed by atoms with Gasteiger partial charge in [-0.15, -0.1) is 0 Å². The van der Waals surface area contributed by atoms with Crippen molar-refractivity contribution in [3.63, 3.8) is 0 Å². The van der Waals surface area contributed by atoms with Crippen LogP contribution < -0.4 is 4.90 Å². The maximum atomic E-state index is 6.16. The highest BCUT2D eigenvalue weighted by Crippen LogP contribution is 2.30. The zero-order chi connectivity index (χ0) is 14.0. The van der Waals surface area contributed by atoms with Crippen LogP contribution in [0.2, 0.25) is 5.15 Å². The topological polar surface area (TPSA) is 29.0 Å². The maximum absolute atomic E-state index is 6.16. The minimum atomic E-state index is -0.0739. The molecular formula is C15H24ClN3. The summed E-state index contributed by atoms with van der Waals surface area (Å²) < 4.78 is 0. The first-order chi connectivity index (χ1) is 8.90. The van der Waals surface area contributed by atoms with Gasteiger partial charge in [-0.1, -0.05) is 38.8 Å². The first kappa shape index (κ1) is 14.6. The fraction of sp³-hybridized carbons (Fsp3) is 0.733. The summed E-state index contributed by atoms with van der Waals surface area (Å²) in [5, 5.41) is 0.544. The third kappa shape index (κ3) is 3.59. The molecule has 0 saturated heterocycles. The van der Waals surface area contributed by atoms with Crippen LogP contribution in [-0.4, -0.2) is 23.1 Å². The molecule has 3 nitrogen and oxygen atoms in total. The molecule has 19 heavy (non-hydrogen) atoms. The van der Waals surface area contributed by atoms with Crippen molar-refractivity contribution in [2.45, 2.75) is 52.4 Å². The molecule has 106 valence electrons. The van der Waals surface area contributed by atoms with Crippen LogP contribution in [0.25, 0.3) is 0 Å². The molecule has 1 fully saturated rings. The smallest absolute Gasteiger partial charge is 0.137 e. The Hall–Kier alpha value is -0.830. The maximum Gasteiger partial charge on any atom is 0.137 e. The van der Waals surface area contributed by atoms with E-state index in [1.54, 1.807) is 0 Å². The lowest BCUT2D eigenvalue weighted by molar-refractivity contribution is 0.318. The van der Waals surface area contributed by atoms with Gasteiger partial charge in [-0.3, -0.25) is 0 Å². The van der Waals surface area contributed by atoms with Gasteiger partial charge in [0.1, 0.15) is 16.8 Å². The van der Waals surface area contributed by atoms with Crippen molar-refractivity contribution in [2.75, 3.05) is 18.0 Å². The summed E-state index contributed by atoms with van der Waals surface area (Å²) in [6, 6.07) is 1.89. The van der Waals surface area contributed by atoms with Gasteiger partial charge in [0, 0.05) is 24.6 Å². The van der Waals surface area contributed by atoms with Gasteiger partial charge in [-0.25, -0.2) is 9.97 Å². The number of rotatable bonds is 4. The van der Waals surface area contributed by atoms with Crippen molar-refractivity contribution in [3.8, 4) is 0 Å².